The molecule has 0 radical (unpaired) electrons. The molecule has 1 atom stereocenters. The lowest BCUT2D eigenvalue weighted by Gasteiger charge is -2.19. The predicted molar refractivity (Wildman–Crippen MR) is 86.1 cm³/mol. The van der Waals surface area contributed by atoms with E-state index in [1.165, 1.54) is 37.7 Å². The summed E-state index contributed by atoms with van der Waals surface area (Å²) < 4.78 is 8.12. The Kier molecular flexibility index (Phi) is 7.02. The minimum Gasteiger partial charge on any atom is -0.354 e. The second-order valence-electron chi connectivity index (χ2n) is 5.41. The first-order chi connectivity index (χ1) is 10.4. The molecule has 1 aromatic carbocycles. The quantitative estimate of drug-likeness (QED) is 0.586. The van der Waals surface area contributed by atoms with Crippen LogP contribution in [0, 0.1) is 0 Å². The van der Waals surface area contributed by atoms with Crippen LogP contribution in [0.3, 0.4) is 0 Å². The van der Waals surface area contributed by atoms with E-state index >= 15 is 0 Å². The van der Waals surface area contributed by atoms with Gasteiger partial charge in [-0.3, -0.25) is 0 Å². The molecule has 114 valence electrons. The van der Waals surface area contributed by atoms with Gasteiger partial charge in [-0.15, -0.1) is 0 Å². The molecular formula is C18H26N2O. The first-order valence-corrected chi connectivity index (χ1v) is 8.06. The maximum Gasteiger partial charge on any atom is 0.160 e. The van der Waals surface area contributed by atoms with Gasteiger partial charge in [-0.05, 0) is 6.42 Å². The molecule has 3 heteroatoms. The van der Waals surface area contributed by atoms with Gasteiger partial charge in [0.1, 0.15) is 0 Å². The van der Waals surface area contributed by atoms with Crippen LogP contribution in [0.25, 0.3) is 0 Å². The summed E-state index contributed by atoms with van der Waals surface area (Å²) in [5.74, 6) is 0. The van der Waals surface area contributed by atoms with Crippen LogP contribution in [0.1, 0.15) is 57.2 Å². The molecule has 0 aliphatic heterocycles. The zero-order valence-corrected chi connectivity index (χ0v) is 12.9. The predicted octanol–water partition coefficient (Wildman–Crippen LogP) is 4.81. The molecule has 0 amide bonds. The lowest BCUT2D eigenvalue weighted by atomic mass is 10.1. The van der Waals surface area contributed by atoms with Gasteiger partial charge in [0.2, 0.25) is 0 Å². The van der Waals surface area contributed by atoms with E-state index in [2.05, 4.69) is 24.0 Å². The van der Waals surface area contributed by atoms with Gasteiger partial charge < -0.3 is 9.30 Å². The van der Waals surface area contributed by atoms with Crippen LogP contribution in [0.15, 0.2) is 49.1 Å². The lowest BCUT2D eigenvalue weighted by Crippen LogP contribution is -2.13. The van der Waals surface area contributed by atoms with Crippen molar-refractivity contribution in [2.24, 2.45) is 0 Å². The average Bonchev–Trinajstić information content (AvgIpc) is 3.05. The third-order valence-corrected chi connectivity index (χ3v) is 3.65. The van der Waals surface area contributed by atoms with Crippen molar-refractivity contribution in [3.05, 3.63) is 54.6 Å². The van der Waals surface area contributed by atoms with Crippen molar-refractivity contribution in [2.45, 2.75) is 51.7 Å². The van der Waals surface area contributed by atoms with Crippen molar-refractivity contribution in [2.75, 3.05) is 6.61 Å². The summed E-state index contributed by atoms with van der Waals surface area (Å²) in [7, 11) is 0. The van der Waals surface area contributed by atoms with Crippen LogP contribution in [0.5, 0.6) is 0 Å². The highest BCUT2D eigenvalue weighted by Crippen LogP contribution is 2.20. The molecule has 0 spiro atoms. The topological polar surface area (TPSA) is 27.1 Å². The van der Waals surface area contributed by atoms with E-state index in [-0.39, 0.29) is 6.23 Å². The van der Waals surface area contributed by atoms with E-state index < -0.39 is 0 Å². The van der Waals surface area contributed by atoms with Gasteiger partial charge in [-0.1, -0.05) is 69.4 Å². The molecule has 0 fully saturated rings. The van der Waals surface area contributed by atoms with Gasteiger partial charge in [-0.2, -0.15) is 0 Å². The summed E-state index contributed by atoms with van der Waals surface area (Å²) in [5.41, 5.74) is 1.17. The number of hydrogen-bond donors (Lipinski definition) is 0. The average molecular weight is 286 g/mol. The van der Waals surface area contributed by atoms with E-state index in [4.69, 9.17) is 4.74 Å². The fourth-order valence-electron chi connectivity index (χ4n) is 2.46. The Balaban J connectivity index is 1.81. The zero-order valence-electron chi connectivity index (χ0n) is 12.9. The highest BCUT2D eigenvalue weighted by atomic mass is 16.5. The van der Waals surface area contributed by atoms with E-state index in [0.717, 1.165) is 13.0 Å². The van der Waals surface area contributed by atoms with Crippen molar-refractivity contribution >= 4 is 0 Å². The normalized spacial score (nSPS) is 12.4. The van der Waals surface area contributed by atoms with Crippen molar-refractivity contribution in [3.63, 3.8) is 0 Å². The second-order valence-corrected chi connectivity index (χ2v) is 5.41. The van der Waals surface area contributed by atoms with Crippen LogP contribution in [-0.2, 0) is 4.74 Å². The van der Waals surface area contributed by atoms with Crippen molar-refractivity contribution in [1.29, 1.82) is 0 Å². The van der Waals surface area contributed by atoms with Crippen LogP contribution < -0.4 is 0 Å². The molecule has 0 bridgehead atoms. The number of nitrogens with zero attached hydrogens (tertiary/aromatic N) is 2. The molecule has 21 heavy (non-hydrogen) atoms. The first-order valence-electron chi connectivity index (χ1n) is 8.06. The Labute approximate surface area is 128 Å². The number of rotatable bonds is 10. The number of unbranched alkanes of at least 4 members (excludes halogenated alkanes) is 5. The minimum absolute atomic E-state index is 0.0654. The Hall–Kier alpha value is -1.61. The smallest absolute Gasteiger partial charge is 0.160 e. The molecule has 3 nitrogen and oxygen atoms in total. The fraction of sp³-hybridized carbons (Fsp3) is 0.500. The molecule has 2 rings (SSSR count). The van der Waals surface area contributed by atoms with Gasteiger partial charge in [0.15, 0.2) is 6.23 Å². The Bertz CT molecular complexity index is 467. The molecular weight excluding hydrogens is 260 g/mol. The van der Waals surface area contributed by atoms with E-state index in [0.29, 0.717) is 0 Å². The van der Waals surface area contributed by atoms with Gasteiger partial charge in [0, 0.05) is 24.6 Å². The second kappa shape index (κ2) is 9.35. The number of hydrogen-bond acceptors (Lipinski definition) is 2. The molecule has 0 aliphatic carbocycles. The van der Waals surface area contributed by atoms with Gasteiger partial charge >= 0.3 is 0 Å². The minimum atomic E-state index is -0.0654. The highest BCUT2D eigenvalue weighted by molar-refractivity contribution is 5.18. The number of ether oxygens (including phenoxy) is 1. The molecule has 0 saturated carbocycles. The number of aromatic nitrogens is 2. The van der Waals surface area contributed by atoms with Gasteiger partial charge in [0.05, 0.1) is 6.33 Å². The summed E-state index contributed by atoms with van der Waals surface area (Å²) in [6, 6.07) is 10.3. The Morgan fingerprint density at radius 3 is 2.52 bits per heavy atom. The molecule has 0 aliphatic rings. The number of imidazole rings is 1. The van der Waals surface area contributed by atoms with Crippen LogP contribution in [0.2, 0.25) is 0 Å². The molecule has 0 N–H and O–H groups in total. The lowest BCUT2D eigenvalue weighted by molar-refractivity contribution is 0.0295. The summed E-state index contributed by atoms with van der Waals surface area (Å²) in [4.78, 5) is 4.13. The standard InChI is InChI=1S/C18H26N2O/c1-2-3-4-5-6-10-15-21-18(20-14-13-19-16-20)17-11-8-7-9-12-17/h7-9,11-14,16,18H,2-6,10,15H2,1H3. The third kappa shape index (κ3) is 5.35. The van der Waals surface area contributed by atoms with E-state index in [1.807, 2.05) is 35.3 Å². The maximum absolute atomic E-state index is 6.10. The molecule has 1 unspecified atom stereocenters. The van der Waals surface area contributed by atoms with E-state index in [1.54, 1.807) is 6.20 Å². The Morgan fingerprint density at radius 2 is 1.81 bits per heavy atom. The van der Waals surface area contributed by atoms with Crippen molar-refractivity contribution < 1.29 is 4.74 Å². The summed E-state index contributed by atoms with van der Waals surface area (Å²) >= 11 is 0. The van der Waals surface area contributed by atoms with Crippen molar-refractivity contribution in [1.82, 2.24) is 9.55 Å². The van der Waals surface area contributed by atoms with Crippen molar-refractivity contribution in [3.8, 4) is 0 Å². The van der Waals surface area contributed by atoms with E-state index in [9.17, 15) is 0 Å². The monoisotopic (exact) mass is 286 g/mol. The molecule has 1 heterocycles. The molecule has 0 saturated heterocycles. The zero-order chi connectivity index (χ0) is 14.8. The summed E-state index contributed by atoms with van der Waals surface area (Å²) in [6.45, 7) is 3.04. The SMILES string of the molecule is CCCCCCCCOC(c1ccccc1)n1ccnc1. The Morgan fingerprint density at radius 1 is 1.05 bits per heavy atom. The largest absolute Gasteiger partial charge is 0.354 e. The van der Waals surface area contributed by atoms with Crippen LogP contribution >= 0.6 is 0 Å². The summed E-state index contributed by atoms with van der Waals surface area (Å²) in [6.07, 6.45) is 13.2. The third-order valence-electron chi connectivity index (χ3n) is 3.65. The molecule has 1 aromatic heterocycles. The maximum atomic E-state index is 6.10. The van der Waals surface area contributed by atoms with Crippen LogP contribution in [-0.4, -0.2) is 16.2 Å². The molecule has 2 aromatic rings. The fourth-order valence-corrected chi connectivity index (χ4v) is 2.46. The number of benzene rings is 1. The van der Waals surface area contributed by atoms with Gasteiger partial charge in [0.25, 0.3) is 0 Å². The first kappa shape index (κ1) is 15.8. The van der Waals surface area contributed by atoms with Gasteiger partial charge in [-0.25, -0.2) is 4.98 Å². The summed E-state index contributed by atoms with van der Waals surface area (Å²) in [5, 5.41) is 0. The van der Waals surface area contributed by atoms with Crippen LogP contribution in [0.4, 0.5) is 0 Å². The highest BCUT2D eigenvalue weighted by Gasteiger charge is 2.12.